The SMILES string of the molecule is O=C1NCCc2c1cnn2-c1cc(Br)ccn1. The molecule has 0 fully saturated rings. The lowest BCUT2D eigenvalue weighted by atomic mass is 10.1. The lowest BCUT2D eigenvalue weighted by molar-refractivity contribution is 0.0945. The van der Waals surface area contributed by atoms with Crippen molar-refractivity contribution in [3.05, 3.63) is 40.3 Å². The molecule has 0 radical (unpaired) electrons. The number of rotatable bonds is 1. The van der Waals surface area contributed by atoms with Gasteiger partial charge in [0.2, 0.25) is 0 Å². The Kier molecular flexibility index (Phi) is 2.44. The molecule has 0 aliphatic carbocycles. The second-order valence-electron chi connectivity index (χ2n) is 3.75. The van der Waals surface area contributed by atoms with Gasteiger partial charge in [0.05, 0.1) is 17.5 Å². The van der Waals surface area contributed by atoms with Crippen LogP contribution in [0.1, 0.15) is 16.1 Å². The van der Waals surface area contributed by atoms with Gasteiger partial charge in [-0.2, -0.15) is 5.10 Å². The fraction of sp³-hybridized carbons (Fsp3) is 0.182. The summed E-state index contributed by atoms with van der Waals surface area (Å²) in [6.45, 7) is 0.644. The zero-order chi connectivity index (χ0) is 11.8. The van der Waals surface area contributed by atoms with Crippen molar-refractivity contribution in [2.45, 2.75) is 6.42 Å². The van der Waals surface area contributed by atoms with Crippen LogP contribution in [0, 0.1) is 0 Å². The third-order valence-corrected chi connectivity index (χ3v) is 3.18. The summed E-state index contributed by atoms with van der Waals surface area (Å²) in [7, 11) is 0. The smallest absolute Gasteiger partial charge is 0.254 e. The van der Waals surface area contributed by atoms with E-state index in [1.54, 1.807) is 17.1 Å². The van der Waals surface area contributed by atoms with E-state index in [2.05, 4.69) is 31.3 Å². The molecule has 1 amide bonds. The minimum Gasteiger partial charge on any atom is -0.352 e. The van der Waals surface area contributed by atoms with Gasteiger partial charge in [0.1, 0.15) is 0 Å². The number of hydrogen-bond acceptors (Lipinski definition) is 3. The topological polar surface area (TPSA) is 59.8 Å². The minimum atomic E-state index is -0.0625. The number of hydrogen-bond donors (Lipinski definition) is 1. The molecule has 0 spiro atoms. The summed E-state index contributed by atoms with van der Waals surface area (Å²) in [5.41, 5.74) is 1.55. The molecule has 3 rings (SSSR count). The number of halogens is 1. The molecule has 0 saturated carbocycles. The van der Waals surface area contributed by atoms with Gasteiger partial charge in [0, 0.05) is 23.6 Å². The van der Waals surface area contributed by atoms with Crippen LogP contribution >= 0.6 is 15.9 Å². The van der Waals surface area contributed by atoms with Gasteiger partial charge in [-0.1, -0.05) is 15.9 Å². The maximum atomic E-state index is 11.6. The molecule has 1 aliphatic rings. The van der Waals surface area contributed by atoms with Gasteiger partial charge in [-0.25, -0.2) is 9.67 Å². The minimum absolute atomic E-state index is 0.0625. The first-order valence-corrected chi connectivity index (χ1v) is 6.02. The zero-order valence-electron chi connectivity index (χ0n) is 8.85. The van der Waals surface area contributed by atoms with E-state index in [1.807, 2.05) is 12.1 Å². The average molecular weight is 293 g/mol. The van der Waals surface area contributed by atoms with Crippen LogP contribution in [0.3, 0.4) is 0 Å². The summed E-state index contributed by atoms with van der Waals surface area (Å²) >= 11 is 3.40. The first-order valence-electron chi connectivity index (χ1n) is 5.23. The Labute approximate surface area is 106 Å². The predicted molar refractivity (Wildman–Crippen MR) is 65.1 cm³/mol. The van der Waals surface area contributed by atoms with Crippen LogP contribution in [0.25, 0.3) is 5.82 Å². The van der Waals surface area contributed by atoms with Gasteiger partial charge >= 0.3 is 0 Å². The van der Waals surface area contributed by atoms with Crippen molar-refractivity contribution in [1.29, 1.82) is 0 Å². The maximum Gasteiger partial charge on any atom is 0.254 e. The van der Waals surface area contributed by atoms with Crippen LogP contribution < -0.4 is 5.32 Å². The number of pyridine rings is 1. The first kappa shape index (κ1) is 10.5. The number of nitrogens with one attached hydrogen (secondary N) is 1. The molecule has 0 saturated heterocycles. The van der Waals surface area contributed by atoms with Crippen LogP contribution in [0.5, 0.6) is 0 Å². The number of fused-ring (bicyclic) bond motifs is 1. The predicted octanol–water partition coefficient (Wildman–Crippen LogP) is 1.32. The van der Waals surface area contributed by atoms with Gasteiger partial charge in [0.25, 0.3) is 5.91 Å². The Morgan fingerprint density at radius 1 is 1.47 bits per heavy atom. The van der Waals surface area contributed by atoms with Crippen molar-refractivity contribution in [2.75, 3.05) is 6.54 Å². The molecule has 0 bridgehead atoms. The number of carbonyl (C=O) groups is 1. The highest BCUT2D eigenvalue weighted by Crippen LogP contribution is 2.18. The van der Waals surface area contributed by atoms with Crippen LogP contribution in [-0.2, 0) is 6.42 Å². The second kappa shape index (κ2) is 3.96. The van der Waals surface area contributed by atoms with E-state index in [-0.39, 0.29) is 5.91 Å². The second-order valence-corrected chi connectivity index (χ2v) is 4.67. The molecular weight excluding hydrogens is 284 g/mol. The van der Waals surface area contributed by atoms with E-state index < -0.39 is 0 Å². The van der Waals surface area contributed by atoms with Crippen molar-refractivity contribution in [3.8, 4) is 5.82 Å². The summed E-state index contributed by atoms with van der Waals surface area (Å²) in [5, 5.41) is 7.02. The summed E-state index contributed by atoms with van der Waals surface area (Å²) in [5.74, 6) is 0.655. The van der Waals surface area contributed by atoms with Crippen molar-refractivity contribution in [3.63, 3.8) is 0 Å². The Balaban J connectivity index is 2.13. The fourth-order valence-corrected chi connectivity index (χ4v) is 2.22. The molecule has 86 valence electrons. The molecule has 2 aromatic rings. The van der Waals surface area contributed by atoms with E-state index in [0.29, 0.717) is 12.1 Å². The molecule has 1 N–H and O–H groups in total. The van der Waals surface area contributed by atoms with Crippen molar-refractivity contribution in [1.82, 2.24) is 20.1 Å². The van der Waals surface area contributed by atoms with E-state index in [4.69, 9.17) is 0 Å². The molecule has 5 nitrogen and oxygen atoms in total. The maximum absolute atomic E-state index is 11.6. The molecule has 0 atom stereocenters. The van der Waals surface area contributed by atoms with Crippen molar-refractivity contribution < 1.29 is 4.79 Å². The van der Waals surface area contributed by atoms with E-state index in [0.717, 1.165) is 22.4 Å². The highest BCUT2D eigenvalue weighted by Gasteiger charge is 2.22. The first-order chi connectivity index (χ1) is 8.25. The van der Waals surface area contributed by atoms with E-state index >= 15 is 0 Å². The number of amides is 1. The van der Waals surface area contributed by atoms with Gasteiger partial charge < -0.3 is 5.32 Å². The molecule has 0 unspecified atom stereocenters. The Bertz CT molecular complexity index is 593. The average Bonchev–Trinajstić information content (AvgIpc) is 2.74. The molecule has 2 aromatic heterocycles. The molecule has 3 heterocycles. The van der Waals surface area contributed by atoms with Gasteiger partial charge in [-0.15, -0.1) is 0 Å². The fourth-order valence-electron chi connectivity index (χ4n) is 1.90. The normalized spacial score (nSPS) is 14.3. The highest BCUT2D eigenvalue weighted by atomic mass is 79.9. The lowest BCUT2D eigenvalue weighted by Gasteiger charge is -2.14. The van der Waals surface area contributed by atoms with Crippen LogP contribution in [0.15, 0.2) is 29.0 Å². The van der Waals surface area contributed by atoms with Crippen LogP contribution in [0.2, 0.25) is 0 Å². The summed E-state index contributed by atoms with van der Waals surface area (Å²) in [4.78, 5) is 15.9. The molecule has 0 aromatic carbocycles. The number of aromatic nitrogens is 3. The monoisotopic (exact) mass is 292 g/mol. The van der Waals surface area contributed by atoms with Crippen molar-refractivity contribution in [2.24, 2.45) is 0 Å². The Hall–Kier alpha value is -1.69. The highest BCUT2D eigenvalue weighted by molar-refractivity contribution is 9.10. The standard InChI is InChI=1S/C11H9BrN4O/c12-7-1-3-13-10(5-7)16-9-2-4-14-11(17)8(9)6-15-16/h1,3,5-6H,2,4H2,(H,14,17). The third kappa shape index (κ3) is 1.74. The molecule has 17 heavy (non-hydrogen) atoms. The van der Waals surface area contributed by atoms with Crippen molar-refractivity contribution >= 4 is 21.8 Å². The van der Waals surface area contributed by atoms with E-state index in [9.17, 15) is 4.79 Å². The quantitative estimate of drug-likeness (QED) is 0.862. The zero-order valence-corrected chi connectivity index (χ0v) is 10.4. The van der Waals surface area contributed by atoms with Crippen LogP contribution in [0.4, 0.5) is 0 Å². The van der Waals surface area contributed by atoms with Gasteiger partial charge in [0.15, 0.2) is 5.82 Å². The van der Waals surface area contributed by atoms with Gasteiger partial charge in [-0.05, 0) is 12.1 Å². The molecule has 1 aliphatic heterocycles. The summed E-state index contributed by atoms with van der Waals surface area (Å²) in [6, 6.07) is 3.73. The molecule has 6 heteroatoms. The largest absolute Gasteiger partial charge is 0.352 e. The van der Waals surface area contributed by atoms with Crippen LogP contribution in [-0.4, -0.2) is 27.2 Å². The summed E-state index contributed by atoms with van der Waals surface area (Å²) in [6.07, 6.45) is 4.07. The Morgan fingerprint density at radius 3 is 3.18 bits per heavy atom. The summed E-state index contributed by atoms with van der Waals surface area (Å²) < 4.78 is 2.66. The Morgan fingerprint density at radius 2 is 2.35 bits per heavy atom. The van der Waals surface area contributed by atoms with Gasteiger partial charge in [-0.3, -0.25) is 4.79 Å². The third-order valence-electron chi connectivity index (χ3n) is 2.69. The number of nitrogens with zero attached hydrogens (tertiary/aromatic N) is 3. The van der Waals surface area contributed by atoms with E-state index in [1.165, 1.54) is 0 Å². The number of carbonyl (C=O) groups excluding carboxylic acids is 1. The lowest BCUT2D eigenvalue weighted by Crippen LogP contribution is -2.32. The molecular formula is C11H9BrN4O.